The summed E-state index contributed by atoms with van der Waals surface area (Å²) in [5, 5.41) is 2.60. The van der Waals surface area contributed by atoms with Crippen molar-refractivity contribution in [1.82, 2.24) is 20.2 Å². The van der Waals surface area contributed by atoms with Gasteiger partial charge >= 0.3 is 6.09 Å². The van der Waals surface area contributed by atoms with E-state index in [1.165, 1.54) is 7.11 Å². The summed E-state index contributed by atoms with van der Waals surface area (Å²) in [6, 6.07) is -0.909. The van der Waals surface area contributed by atoms with Gasteiger partial charge in [0.05, 0.1) is 13.3 Å². The van der Waals surface area contributed by atoms with E-state index in [0.717, 1.165) is 4.60 Å². The molecule has 0 bridgehead atoms. The van der Waals surface area contributed by atoms with Crippen molar-refractivity contribution < 1.29 is 14.3 Å². The smallest absolute Gasteiger partial charge is 0.407 e. The minimum absolute atomic E-state index is 0.0591. The molecule has 1 unspecified atom stereocenters. The predicted octanol–water partition coefficient (Wildman–Crippen LogP) is 1.99. The molecule has 0 spiro atoms. The van der Waals surface area contributed by atoms with Crippen LogP contribution in [0.15, 0.2) is 23.0 Å². The zero-order valence-corrected chi connectivity index (χ0v) is 14.3. The molecule has 7 nitrogen and oxygen atoms in total. The molecule has 1 aliphatic rings. The largest absolute Gasteiger partial charge is 0.453 e. The number of nitrogens with zero attached hydrogens (tertiary/aromatic N) is 2. The van der Waals surface area contributed by atoms with Gasteiger partial charge in [-0.15, -0.1) is 0 Å². The van der Waals surface area contributed by atoms with Crippen molar-refractivity contribution in [2.75, 3.05) is 13.7 Å². The SMILES string of the molecule is COC(=O)NC(C(=O)N1CC=C[C@H]1c1ncc(Br)[nH]1)C(C)C. The Morgan fingerprint density at radius 2 is 2.27 bits per heavy atom. The van der Waals surface area contributed by atoms with E-state index in [9.17, 15) is 9.59 Å². The van der Waals surface area contributed by atoms with Crippen molar-refractivity contribution in [3.05, 3.63) is 28.8 Å². The number of H-pyrrole nitrogens is 1. The van der Waals surface area contributed by atoms with Gasteiger partial charge in [-0.25, -0.2) is 9.78 Å². The zero-order chi connectivity index (χ0) is 16.3. The fraction of sp³-hybridized carbons (Fsp3) is 0.500. The molecular formula is C14H19BrN4O3. The Kier molecular flexibility index (Phi) is 5.23. The number of carbonyl (C=O) groups is 2. The first kappa shape index (κ1) is 16.5. The fourth-order valence-electron chi connectivity index (χ4n) is 2.33. The molecule has 2 N–H and O–H groups in total. The number of amides is 2. The van der Waals surface area contributed by atoms with Crippen molar-refractivity contribution in [3.8, 4) is 0 Å². The van der Waals surface area contributed by atoms with E-state index < -0.39 is 12.1 Å². The molecule has 0 saturated carbocycles. The Bertz CT molecular complexity index is 584. The third kappa shape index (κ3) is 3.49. The molecule has 0 radical (unpaired) electrons. The second-order valence-corrected chi connectivity index (χ2v) is 6.19. The van der Waals surface area contributed by atoms with Crippen LogP contribution in [0, 0.1) is 5.92 Å². The summed E-state index contributed by atoms with van der Waals surface area (Å²) in [6.07, 6.45) is 4.86. The lowest BCUT2D eigenvalue weighted by Crippen LogP contribution is -2.51. The van der Waals surface area contributed by atoms with Gasteiger partial charge in [-0.1, -0.05) is 26.0 Å². The summed E-state index contributed by atoms with van der Waals surface area (Å²) >= 11 is 3.31. The van der Waals surface area contributed by atoms with Crippen LogP contribution in [0.1, 0.15) is 25.7 Å². The van der Waals surface area contributed by atoms with Crippen molar-refractivity contribution in [2.24, 2.45) is 5.92 Å². The first-order chi connectivity index (χ1) is 10.4. The first-order valence-electron chi connectivity index (χ1n) is 6.96. The van der Waals surface area contributed by atoms with E-state index in [0.29, 0.717) is 12.4 Å². The molecule has 8 heteroatoms. The maximum atomic E-state index is 12.8. The average molecular weight is 371 g/mol. The second kappa shape index (κ2) is 6.95. The standard InChI is InChI=1S/C14H19BrN4O3/c1-8(2)11(18-14(21)22-3)13(20)19-6-4-5-9(19)12-16-7-10(15)17-12/h4-5,7-9,11H,6H2,1-3H3,(H,16,17)(H,18,21)/t9-,11?/m0/s1. The summed E-state index contributed by atoms with van der Waals surface area (Å²) < 4.78 is 5.35. The molecule has 2 amide bonds. The summed E-state index contributed by atoms with van der Waals surface area (Å²) in [5.74, 6) is 0.452. The third-order valence-electron chi connectivity index (χ3n) is 3.48. The van der Waals surface area contributed by atoms with Crippen LogP contribution in [0.5, 0.6) is 0 Å². The van der Waals surface area contributed by atoms with Crippen LogP contribution in [-0.2, 0) is 9.53 Å². The molecule has 1 aromatic heterocycles. The molecule has 0 aromatic carbocycles. The van der Waals surface area contributed by atoms with Crippen molar-refractivity contribution in [1.29, 1.82) is 0 Å². The summed E-state index contributed by atoms with van der Waals surface area (Å²) in [6.45, 7) is 4.23. The van der Waals surface area contributed by atoms with Gasteiger partial charge < -0.3 is 19.9 Å². The normalized spacial score (nSPS) is 18.6. The molecule has 0 saturated heterocycles. The second-order valence-electron chi connectivity index (χ2n) is 5.34. The number of nitrogens with one attached hydrogen (secondary N) is 2. The number of halogens is 1. The first-order valence-corrected chi connectivity index (χ1v) is 7.75. The fourth-order valence-corrected chi connectivity index (χ4v) is 2.63. The van der Waals surface area contributed by atoms with Crippen LogP contribution in [0.3, 0.4) is 0 Å². The number of alkyl carbamates (subject to hydrolysis) is 1. The highest BCUT2D eigenvalue weighted by atomic mass is 79.9. The summed E-state index contributed by atoms with van der Waals surface area (Å²) in [4.78, 5) is 33.2. The topological polar surface area (TPSA) is 87.3 Å². The van der Waals surface area contributed by atoms with Crippen LogP contribution in [0.2, 0.25) is 0 Å². The van der Waals surface area contributed by atoms with Gasteiger partial charge in [-0.3, -0.25) is 4.79 Å². The maximum absolute atomic E-state index is 12.8. The van der Waals surface area contributed by atoms with Gasteiger partial charge in [0.1, 0.15) is 22.5 Å². The number of hydrogen-bond donors (Lipinski definition) is 2. The third-order valence-corrected chi connectivity index (χ3v) is 3.88. The number of rotatable bonds is 4. The van der Waals surface area contributed by atoms with Gasteiger partial charge in [0, 0.05) is 6.54 Å². The summed E-state index contributed by atoms with van der Waals surface area (Å²) in [7, 11) is 1.28. The van der Waals surface area contributed by atoms with E-state index in [2.05, 4.69) is 36.0 Å². The van der Waals surface area contributed by atoms with E-state index in [4.69, 9.17) is 0 Å². The quantitative estimate of drug-likeness (QED) is 0.793. The van der Waals surface area contributed by atoms with Crippen LogP contribution in [-0.4, -0.2) is 46.6 Å². The Balaban J connectivity index is 2.17. The lowest BCUT2D eigenvalue weighted by molar-refractivity contribution is -0.135. The molecular weight excluding hydrogens is 352 g/mol. The number of ether oxygens (including phenoxy) is 1. The van der Waals surface area contributed by atoms with Crippen LogP contribution in [0.25, 0.3) is 0 Å². The Hall–Kier alpha value is -1.83. The zero-order valence-electron chi connectivity index (χ0n) is 12.7. The highest BCUT2D eigenvalue weighted by Crippen LogP contribution is 2.27. The minimum Gasteiger partial charge on any atom is -0.453 e. The van der Waals surface area contributed by atoms with Gasteiger partial charge in [-0.05, 0) is 21.8 Å². The van der Waals surface area contributed by atoms with E-state index in [-0.39, 0.29) is 17.9 Å². The maximum Gasteiger partial charge on any atom is 0.407 e. The number of methoxy groups -OCH3 is 1. The van der Waals surface area contributed by atoms with Crippen molar-refractivity contribution >= 4 is 27.9 Å². The van der Waals surface area contributed by atoms with Crippen LogP contribution in [0.4, 0.5) is 4.79 Å². The van der Waals surface area contributed by atoms with E-state index in [1.54, 1.807) is 11.1 Å². The van der Waals surface area contributed by atoms with Crippen molar-refractivity contribution in [3.63, 3.8) is 0 Å². The van der Waals surface area contributed by atoms with Gasteiger partial charge in [0.25, 0.3) is 0 Å². The molecule has 1 aromatic rings. The number of imidazole rings is 1. The Morgan fingerprint density at radius 3 is 2.82 bits per heavy atom. The van der Waals surface area contributed by atoms with Crippen LogP contribution < -0.4 is 5.32 Å². The molecule has 2 heterocycles. The van der Waals surface area contributed by atoms with Gasteiger partial charge in [0.15, 0.2) is 0 Å². The highest BCUT2D eigenvalue weighted by molar-refractivity contribution is 9.10. The van der Waals surface area contributed by atoms with Crippen molar-refractivity contribution in [2.45, 2.75) is 25.9 Å². The minimum atomic E-state index is -0.645. The molecule has 22 heavy (non-hydrogen) atoms. The number of aromatic amines is 1. The lowest BCUT2D eigenvalue weighted by Gasteiger charge is -2.29. The Morgan fingerprint density at radius 1 is 1.55 bits per heavy atom. The van der Waals surface area contributed by atoms with Gasteiger partial charge in [-0.2, -0.15) is 0 Å². The predicted molar refractivity (Wildman–Crippen MR) is 84.0 cm³/mol. The Labute approximate surface area is 137 Å². The number of carbonyl (C=O) groups excluding carboxylic acids is 2. The average Bonchev–Trinajstić information content (AvgIpc) is 3.11. The monoisotopic (exact) mass is 370 g/mol. The van der Waals surface area contributed by atoms with E-state index >= 15 is 0 Å². The highest BCUT2D eigenvalue weighted by Gasteiger charge is 2.35. The van der Waals surface area contributed by atoms with E-state index in [1.807, 2.05) is 26.0 Å². The number of hydrogen-bond acceptors (Lipinski definition) is 4. The van der Waals surface area contributed by atoms with Gasteiger partial charge in [0.2, 0.25) is 5.91 Å². The van der Waals surface area contributed by atoms with Crippen LogP contribution >= 0.6 is 15.9 Å². The number of aromatic nitrogens is 2. The molecule has 1 aliphatic heterocycles. The summed E-state index contributed by atoms with van der Waals surface area (Å²) in [5.41, 5.74) is 0. The molecule has 120 valence electrons. The molecule has 2 rings (SSSR count). The lowest BCUT2D eigenvalue weighted by atomic mass is 10.0. The molecule has 2 atom stereocenters. The molecule has 0 aliphatic carbocycles. The molecule has 0 fully saturated rings.